The second kappa shape index (κ2) is 6.21. The zero-order valence-corrected chi connectivity index (χ0v) is 12.3. The minimum atomic E-state index is -0.417. The number of nitriles is 1. The summed E-state index contributed by atoms with van der Waals surface area (Å²) in [6.45, 7) is 0. The molecule has 0 bridgehead atoms. The Balaban J connectivity index is 0.00000162. The molecule has 3 N–H and O–H groups in total. The molecule has 0 saturated carbocycles. The second-order valence-electron chi connectivity index (χ2n) is 3.50. The topological polar surface area (TPSA) is 70.0 Å². The Bertz CT molecular complexity index is 581. The lowest BCUT2D eigenvalue weighted by Gasteiger charge is -2.13. The van der Waals surface area contributed by atoms with E-state index in [1.165, 1.54) is 11.3 Å². The van der Waals surface area contributed by atoms with Gasteiger partial charge in [-0.05, 0) is 39.5 Å². The number of hydrogen-bond acceptors (Lipinski definition) is 4. The molecule has 0 saturated heterocycles. The third-order valence-corrected chi connectivity index (χ3v) is 3.97. The van der Waals surface area contributed by atoms with Gasteiger partial charge in [0.1, 0.15) is 5.75 Å². The van der Waals surface area contributed by atoms with Gasteiger partial charge in [-0.15, -0.1) is 23.7 Å². The number of aromatic hydroxyl groups is 1. The van der Waals surface area contributed by atoms with Gasteiger partial charge in [-0.1, -0.05) is 6.07 Å². The number of hydrogen-bond donors (Lipinski definition) is 2. The van der Waals surface area contributed by atoms with Crippen molar-refractivity contribution >= 4 is 39.7 Å². The maximum atomic E-state index is 9.96. The summed E-state index contributed by atoms with van der Waals surface area (Å²) in [4.78, 5) is 0.947. The van der Waals surface area contributed by atoms with Crippen molar-refractivity contribution in [1.82, 2.24) is 0 Å². The Kier molecular flexibility index (Phi) is 5.17. The summed E-state index contributed by atoms with van der Waals surface area (Å²) in [5.41, 5.74) is 7.10. The monoisotopic (exact) mass is 344 g/mol. The van der Waals surface area contributed by atoms with Crippen LogP contribution in [0.15, 0.2) is 34.1 Å². The molecule has 0 unspecified atom stereocenters. The molecule has 3 nitrogen and oxygen atoms in total. The van der Waals surface area contributed by atoms with Gasteiger partial charge in [0.2, 0.25) is 0 Å². The zero-order chi connectivity index (χ0) is 12.4. The van der Waals surface area contributed by atoms with E-state index in [0.29, 0.717) is 15.6 Å². The Labute approximate surface area is 123 Å². The van der Waals surface area contributed by atoms with Gasteiger partial charge >= 0.3 is 0 Å². The van der Waals surface area contributed by atoms with Crippen molar-refractivity contribution in [3.8, 4) is 11.8 Å². The fraction of sp³-hybridized carbons (Fsp3) is 0.0833. The second-order valence-corrected chi connectivity index (χ2v) is 5.33. The zero-order valence-electron chi connectivity index (χ0n) is 9.13. The molecule has 0 aliphatic carbocycles. The van der Waals surface area contributed by atoms with E-state index >= 15 is 0 Å². The fourth-order valence-electron chi connectivity index (χ4n) is 1.54. The van der Waals surface area contributed by atoms with Crippen LogP contribution in [0.25, 0.3) is 0 Å². The number of phenolic OH excluding ortho intramolecular Hbond substituents is 1. The number of rotatable bonds is 2. The molecule has 1 aromatic carbocycles. The van der Waals surface area contributed by atoms with Crippen LogP contribution in [-0.4, -0.2) is 5.11 Å². The molecule has 1 heterocycles. The highest BCUT2D eigenvalue weighted by Gasteiger charge is 2.17. The lowest BCUT2D eigenvalue weighted by Crippen LogP contribution is -2.10. The Morgan fingerprint density at radius 1 is 1.44 bits per heavy atom. The number of phenols is 1. The van der Waals surface area contributed by atoms with E-state index in [1.807, 2.05) is 23.6 Å². The average Bonchev–Trinajstić information content (AvgIpc) is 2.85. The highest BCUT2D eigenvalue weighted by atomic mass is 79.9. The van der Waals surface area contributed by atoms with Crippen molar-refractivity contribution in [3.05, 3.63) is 50.1 Å². The van der Waals surface area contributed by atoms with E-state index in [0.717, 1.165) is 4.88 Å². The van der Waals surface area contributed by atoms with Crippen molar-refractivity contribution in [2.24, 2.45) is 5.73 Å². The number of thiophene rings is 1. The maximum Gasteiger partial charge on any atom is 0.134 e. The first-order valence-electron chi connectivity index (χ1n) is 4.85. The summed E-state index contributed by atoms with van der Waals surface area (Å²) in [5, 5.41) is 20.8. The quantitative estimate of drug-likeness (QED) is 0.874. The molecule has 0 aliphatic rings. The summed E-state index contributed by atoms with van der Waals surface area (Å²) in [6.07, 6.45) is 0. The Morgan fingerprint density at radius 3 is 2.72 bits per heavy atom. The lowest BCUT2D eigenvalue weighted by molar-refractivity contribution is 0.462. The van der Waals surface area contributed by atoms with Crippen molar-refractivity contribution in [2.75, 3.05) is 0 Å². The third kappa shape index (κ3) is 2.85. The van der Waals surface area contributed by atoms with Crippen LogP contribution in [0.3, 0.4) is 0 Å². The van der Waals surface area contributed by atoms with Crippen LogP contribution in [-0.2, 0) is 0 Å². The van der Waals surface area contributed by atoms with Crippen LogP contribution >= 0.6 is 39.7 Å². The van der Waals surface area contributed by atoms with Crippen LogP contribution < -0.4 is 5.73 Å². The van der Waals surface area contributed by atoms with E-state index in [4.69, 9.17) is 11.0 Å². The first kappa shape index (κ1) is 15.0. The van der Waals surface area contributed by atoms with E-state index < -0.39 is 6.04 Å². The van der Waals surface area contributed by atoms with Crippen LogP contribution in [0.2, 0.25) is 0 Å². The van der Waals surface area contributed by atoms with Gasteiger partial charge < -0.3 is 10.8 Å². The number of nitrogens with two attached hydrogens (primary N) is 1. The van der Waals surface area contributed by atoms with Crippen molar-refractivity contribution in [3.63, 3.8) is 0 Å². The lowest BCUT2D eigenvalue weighted by atomic mass is 10.0. The normalized spacial score (nSPS) is 11.4. The molecule has 0 spiro atoms. The minimum Gasteiger partial charge on any atom is -0.506 e. The Morgan fingerprint density at radius 2 is 2.17 bits per heavy atom. The molecule has 2 rings (SSSR count). The minimum absolute atomic E-state index is 0. The smallest absolute Gasteiger partial charge is 0.134 e. The summed E-state index contributed by atoms with van der Waals surface area (Å²) in [6, 6.07) is 8.62. The summed E-state index contributed by atoms with van der Waals surface area (Å²) in [7, 11) is 0. The number of nitrogens with zero attached hydrogens (tertiary/aromatic N) is 1. The molecule has 94 valence electrons. The summed E-state index contributed by atoms with van der Waals surface area (Å²) in [5.74, 6) is 0.0879. The van der Waals surface area contributed by atoms with Crippen molar-refractivity contribution in [1.29, 1.82) is 5.26 Å². The van der Waals surface area contributed by atoms with E-state index in [1.54, 1.807) is 12.1 Å². The summed E-state index contributed by atoms with van der Waals surface area (Å²) < 4.78 is 0.485. The van der Waals surface area contributed by atoms with Crippen molar-refractivity contribution < 1.29 is 5.11 Å². The van der Waals surface area contributed by atoms with E-state index in [-0.39, 0.29) is 18.2 Å². The number of benzene rings is 1. The summed E-state index contributed by atoms with van der Waals surface area (Å²) >= 11 is 4.74. The van der Waals surface area contributed by atoms with Gasteiger partial charge in [0.25, 0.3) is 0 Å². The Hall–Kier alpha value is -1.06. The SMILES string of the molecule is Cl.N#Cc1cc(Br)c(O)c([C@H](N)c2cccs2)c1. The maximum absolute atomic E-state index is 9.96. The van der Waals surface area contributed by atoms with E-state index in [2.05, 4.69) is 15.9 Å². The van der Waals surface area contributed by atoms with Crippen LogP contribution in [0.5, 0.6) is 5.75 Å². The molecule has 2 aromatic rings. The predicted octanol–water partition coefficient (Wildman–Crippen LogP) is 3.56. The van der Waals surface area contributed by atoms with Crippen LogP contribution in [0.1, 0.15) is 22.0 Å². The molecule has 18 heavy (non-hydrogen) atoms. The predicted molar refractivity (Wildman–Crippen MR) is 78.1 cm³/mol. The van der Waals surface area contributed by atoms with Gasteiger partial charge in [-0.25, -0.2) is 0 Å². The molecule has 0 radical (unpaired) electrons. The van der Waals surface area contributed by atoms with Gasteiger partial charge in [0.05, 0.1) is 22.1 Å². The highest BCUT2D eigenvalue weighted by molar-refractivity contribution is 9.10. The average molecular weight is 346 g/mol. The fourth-order valence-corrected chi connectivity index (χ4v) is 2.76. The van der Waals surface area contributed by atoms with Crippen LogP contribution in [0, 0.1) is 11.3 Å². The molecular weight excluding hydrogens is 336 g/mol. The first-order valence-corrected chi connectivity index (χ1v) is 6.52. The first-order chi connectivity index (χ1) is 8.13. The van der Waals surface area contributed by atoms with Gasteiger partial charge in [0.15, 0.2) is 0 Å². The molecule has 0 fully saturated rings. The van der Waals surface area contributed by atoms with Crippen LogP contribution in [0.4, 0.5) is 0 Å². The van der Waals surface area contributed by atoms with E-state index in [9.17, 15) is 5.11 Å². The number of halogens is 2. The molecule has 1 atom stereocenters. The molecular formula is C12H10BrClN2OS. The highest BCUT2D eigenvalue weighted by Crippen LogP contribution is 2.35. The molecule has 6 heteroatoms. The molecule has 1 aromatic heterocycles. The largest absolute Gasteiger partial charge is 0.506 e. The standard InChI is InChI=1S/C12H9BrN2OS.ClH/c13-9-5-7(6-14)4-8(12(9)16)11(15)10-2-1-3-17-10;/h1-5,11,16H,15H2;1H/t11-;/m0./s1. The van der Waals surface area contributed by atoms with Gasteiger partial charge in [-0.3, -0.25) is 0 Å². The molecule has 0 amide bonds. The third-order valence-electron chi connectivity index (χ3n) is 2.41. The van der Waals surface area contributed by atoms with Crippen molar-refractivity contribution in [2.45, 2.75) is 6.04 Å². The van der Waals surface area contributed by atoms with Gasteiger partial charge in [-0.2, -0.15) is 5.26 Å². The molecule has 0 aliphatic heterocycles. The van der Waals surface area contributed by atoms with Gasteiger partial charge in [0, 0.05) is 10.4 Å².